The van der Waals surface area contributed by atoms with Gasteiger partial charge in [-0.05, 0) is 47.7 Å². The Morgan fingerprint density at radius 1 is 1.19 bits per heavy atom. The second-order valence-corrected chi connectivity index (χ2v) is 9.23. The van der Waals surface area contributed by atoms with Crippen LogP contribution in [0.4, 0.5) is 5.13 Å². The highest BCUT2D eigenvalue weighted by Gasteiger charge is 2.27. The number of hydrogen-bond donors (Lipinski definition) is 0. The molecule has 0 aliphatic carbocycles. The molecule has 1 aliphatic heterocycles. The number of rotatable bonds is 6. The Morgan fingerprint density at radius 3 is 2.81 bits per heavy atom. The molecule has 0 saturated carbocycles. The van der Waals surface area contributed by atoms with E-state index in [0.717, 1.165) is 51.9 Å². The van der Waals surface area contributed by atoms with Crippen LogP contribution in [-0.4, -0.2) is 37.3 Å². The molecule has 1 unspecified atom stereocenters. The van der Waals surface area contributed by atoms with Crippen molar-refractivity contribution < 1.29 is 14.3 Å². The molecule has 1 saturated heterocycles. The van der Waals surface area contributed by atoms with Crippen LogP contribution >= 0.6 is 11.3 Å². The fraction of sp³-hybridized carbons (Fsp3) is 0.308. The first-order valence-electron chi connectivity index (χ1n) is 11.0. The molecule has 32 heavy (non-hydrogen) atoms. The van der Waals surface area contributed by atoms with Crippen LogP contribution < -0.4 is 9.64 Å². The van der Waals surface area contributed by atoms with Crippen molar-refractivity contribution in [2.24, 2.45) is 0 Å². The van der Waals surface area contributed by atoms with E-state index in [2.05, 4.69) is 31.2 Å². The van der Waals surface area contributed by atoms with E-state index in [9.17, 15) is 4.79 Å². The summed E-state index contributed by atoms with van der Waals surface area (Å²) in [5.41, 5.74) is 2.94. The van der Waals surface area contributed by atoms with E-state index in [1.54, 1.807) is 18.4 Å². The van der Waals surface area contributed by atoms with Gasteiger partial charge in [0.05, 0.1) is 30.9 Å². The van der Waals surface area contributed by atoms with Crippen molar-refractivity contribution >= 4 is 43.4 Å². The summed E-state index contributed by atoms with van der Waals surface area (Å²) >= 11 is 1.54. The van der Waals surface area contributed by atoms with Crippen LogP contribution in [0.5, 0.6) is 5.75 Å². The molecule has 2 heterocycles. The number of carbonyl (C=O) groups is 1. The summed E-state index contributed by atoms with van der Waals surface area (Å²) < 4.78 is 12.4. The predicted octanol–water partition coefficient (Wildman–Crippen LogP) is 5.52. The number of methoxy groups -OCH3 is 1. The Morgan fingerprint density at radius 2 is 2.03 bits per heavy atom. The maximum atomic E-state index is 13.6. The van der Waals surface area contributed by atoms with Gasteiger partial charge in [0.25, 0.3) is 0 Å². The number of thiazole rings is 1. The Kier molecular flexibility index (Phi) is 5.81. The summed E-state index contributed by atoms with van der Waals surface area (Å²) in [4.78, 5) is 20.2. The largest absolute Gasteiger partial charge is 0.494 e. The van der Waals surface area contributed by atoms with Gasteiger partial charge in [0.15, 0.2) is 5.13 Å². The summed E-state index contributed by atoms with van der Waals surface area (Å²) in [5.74, 6) is 0.763. The third-order valence-electron chi connectivity index (χ3n) is 6.02. The van der Waals surface area contributed by atoms with Crippen molar-refractivity contribution in [3.05, 3.63) is 65.7 Å². The van der Waals surface area contributed by atoms with Gasteiger partial charge in [0.1, 0.15) is 11.3 Å². The molecule has 164 valence electrons. The molecule has 4 aromatic rings. The molecule has 1 amide bonds. The number of hydrogen-bond acceptors (Lipinski definition) is 5. The minimum Gasteiger partial charge on any atom is -0.494 e. The SMILES string of the molecule is COc1ccc(C)c2sc(N(CC3CCCO3)C(=O)Cc3ccc4ccccc4c3)nc12. The predicted molar refractivity (Wildman–Crippen MR) is 130 cm³/mol. The molecule has 1 aromatic heterocycles. The number of benzene rings is 3. The van der Waals surface area contributed by atoms with Crippen LogP contribution in [0, 0.1) is 6.92 Å². The van der Waals surface area contributed by atoms with Crippen LogP contribution in [0.25, 0.3) is 21.0 Å². The number of amides is 1. The molecule has 1 fully saturated rings. The third-order valence-corrected chi connectivity index (χ3v) is 7.24. The smallest absolute Gasteiger partial charge is 0.233 e. The molecule has 5 nitrogen and oxygen atoms in total. The topological polar surface area (TPSA) is 51.7 Å². The van der Waals surface area contributed by atoms with Crippen LogP contribution in [0.15, 0.2) is 54.6 Å². The van der Waals surface area contributed by atoms with Gasteiger partial charge in [-0.3, -0.25) is 9.69 Å². The molecule has 5 rings (SSSR count). The summed E-state index contributed by atoms with van der Waals surface area (Å²) in [6, 6.07) is 18.4. The third kappa shape index (κ3) is 4.08. The van der Waals surface area contributed by atoms with Crippen molar-refractivity contribution in [1.82, 2.24) is 4.98 Å². The van der Waals surface area contributed by atoms with Gasteiger partial charge in [-0.15, -0.1) is 0 Å². The van der Waals surface area contributed by atoms with E-state index >= 15 is 0 Å². The highest BCUT2D eigenvalue weighted by atomic mass is 32.1. The molecule has 3 aromatic carbocycles. The lowest BCUT2D eigenvalue weighted by Crippen LogP contribution is -2.38. The molecular formula is C26H26N2O3S. The first kappa shape index (κ1) is 20.9. The number of anilines is 1. The zero-order chi connectivity index (χ0) is 22.1. The van der Waals surface area contributed by atoms with E-state index in [1.807, 2.05) is 35.2 Å². The average molecular weight is 447 g/mol. The molecule has 0 bridgehead atoms. The number of aromatic nitrogens is 1. The summed E-state index contributed by atoms with van der Waals surface area (Å²) in [6.07, 6.45) is 2.37. The van der Waals surface area contributed by atoms with Gasteiger partial charge in [-0.25, -0.2) is 4.98 Å². The Hall–Kier alpha value is -2.96. The summed E-state index contributed by atoms with van der Waals surface area (Å²) in [6.45, 7) is 3.34. The van der Waals surface area contributed by atoms with Gasteiger partial charge in [-0.2, -0.15) is 0 Å². The monoisotopic (exact) mass is 446 g/mol. The van der Waals surface area contributed by atoms with E-state index < -0.39 is 0 Å². The minimum absolute atomic E-state index is 0.0338. The number of carbonyl (C=O) groups excluding carboxylic acids is 1. The average Bonchev–Trinajstić information content (AvgIpc) is 3.48. The molecule has 0 spiro atoms. The van der Waals surface area contributed by atoms with E-state index in [4.69, 9.17) is 14.5 Å². The van der Waals surface area contributed by atoms with E-state index in [0.29, 0.717) is 18.1 Å². The fourth-order valence-electron chi connectivity index (χ4n) is 4.28. The summed E-state index contributed by atoms with van der Waals surface area (Å²) in [7, 11) is 1.65. The minimum atomic E-state index is 0.0338. The van der Waals surface area contributed by atoms with Crippen molar-refractivity contribution in [2.75, 3.05) is 25.2 Å². The molecule has 1 atom stereocenters. The highest BCUT2D eigenvalue weighted by molar-refractivity contribution is 7.22. The van der Waals surface area contributed by atoms with Crippen molar-refractivity contribution in [3.63, 3.8) is 0 Å². The highest BCUT2D eigenvalue weighted by Crippen LogP contribution is 2.37. The summed E-state index contributed by atoms with van der Waals surface area (Å²) in [5, 5.41) is 3.02. The number of fused-ring (bicyclic) bond motifs is 2. The van der Waals surface area contributed by atoms with Crippen molar-refractivity contribution in [1.29, 1.82) is 0 Å². The van der Waals surface area contributed by atoms with Crippen LogP contribution in [0.3, 0.4) is 0 Å². The zero-order valence-electron chi connectivity index (χ0n) is 18.3. The molecule has 1 aliphatic rings. The van der Waals surface area contributed by atoms with Gasteiger partial charge >= 0.3 is 0 Å². The van der Waals surface area contributed by atoms with Gasteiger partial charge in [-0.1, -0.05) is 59.9 Å². The zero-order valence-corrected chi connectivity index (χ0v) is 19.2. The first-order chi connectivity index (χ1) is 15.6. The number of aryl methyl sites for hydroxylation is 1. The van der Waals surface area contributed by atoms with Gasteiger partial charge in [0, 0.05) is 6.61 Å². The van der Waals surface area contributed by atoms with Crippen LogP contribution in [0.2, 0.25) is 0 Å². The second-order valence-electron chi connectivity index (χ2n) is 8.26. The maximum absolute atomic E-state index is 13.6. The van der Waals surface area contributed by atoms with Crippen LogP contribution in [-0.2, 0) is 16.0 Å². The number of ether oxygens (including phenoxy) is 2. The van der Waals surface area contributed by atoms with E-state index in [-0.39, 0.29) is 12.0 Å². The molecule has 0 radical (unpaired) electrons. The molecular weight excluding hydrogens is 420 g/mol. The number of nitrogens with zero attached hydrogens (tertiary/aromatic N) is 2. The second kappa shape index (κ2) is 8.88. The quantitative estimate of drug-likeness (QED) is 0.391. The Balaban J connectivity index is 1.49. The lowest BCUT2D eigenvalue weighted by Gasteiger charge is -2.23. The molecule has 6 heteroatoms. The van der Waals surface area contributed by atoms with Crippen LogP contribution in [0.1, 0.15) is 24.0 Å². The normalized spacial score (nSPS) is 16.0. The lowest BCUT2D eigenvalue weighted by molar-refractivity contribution is -0.118. The van der Waals surface area contributed by atoms with Crippen molar-refractivity contribution in [3.8, 4) is 5.75 Å². The molecule has 0 N–H and O–H groups in total. The van der Waals surface area contributed by atoms with Crippen molar-refractivity contribution in [2.45, 2.75) is 32.3 Å². The Labute approximate surface area is 191 Å². The lowest BCUT2D eigenvalue weighted by atomic mass is 10.0. The van der Waals surface area contributed by atoms with Gasteiger partial charge < -0.3 is 9.47 Å². The fourth-order valence-corrected chi connectivity index (χ4v) is 5.35. The van der Waals surface area contributed by atoms with E-state index in [1.165, 1.54) is 5.39 Å². The first-order valence-corrected chi connectivity index (χ1v) is 11.8. The standard InChI is InChI=1S/C26H26N2O3S/c1-17-9-12-22(30-2)24-25(17)32-26(27-24)28(16-21-8-5-13-31-21)23(29)15-18-10-11-19-6-3-4-7-20(19)14-18/h3-4,6-7,9-12,14,21H,5,8,13,15-16H2,1-2H3. The Bertz CT molecular complexity index is 1280. The van der Waals surface area contributed by atoms with Gasteiger partial charge in [0.2, 0.25) is 5.91 Å². The maximum Gasteiger partial charge on any atom is 0.233 e.